The zero-order chi connectivity index (χ0) is 10.8. The number of halogens is 2. The minimum Gasteiger partial charge on any atom is -0.313 e. The Morgan fingerprint density at radius 2 is 1.87 bits per heavy atom. The summed E-state index contributed by atoms with van der Waals surface area (Å²) in [6.45, 7) is 0. The molecule has 0 fully saturated rings. The van der Waals surface area contributed by atoms with Gasteiger partial charge < -0.3 is 4.98 Å². The van der Waals surface area contributed by atoms with Crippen molar-refractivity contribution in [2.45, 2.75) is 0 Å². The van der Waals surface area contributed by atoms with Crippen molar-refractivity contribution in [3.63, 3.8) is 0 Å². The second-order valence-electron chi connectivity index (χ2n) is 2.89. The van der Waals surface area contributed by atoms with E-state index in [1.165, 1.54) is 12.5 Å². The molecule has 0 aliphatic rings. The molecule has 5 heteroatoms. The molecule has 15 heavy (non-hydrogen) atoms. The van der Waals surface area contributed by atoms with Crippen molar-refractivity contribution in [2.24, 2.45) is 0 Å². The van der Waals surface area contributed by atoms with Crippen molar-refractivity contribution >= 4 is 23.2 Å². The number of hydrogen-bond donors (Lipinski definition) is 1. The summed E-state index contributed by atoms with van der Waals surface area (Å²) in [5, 5.41) is 0.863. The summed E-state index contributed by atoms with van der Waals surface area (Å²) in [6.07, 6.45) is 2.75. The van der Waals surface area contributed by atoms with Crippen LogP contribution in [0.2, 0.25) is 10.0 Å². The van der Waals surface area contributed by atoms with E-state index < -0.39 is 0 Å². The van der Waals surface area contributed by atoms with E-state index in [0.717, 1.165) is 0 Å². The van der Waals surface area contributed by atoms with E-state index in [4.69, 9.17) is 23.2 Å². The fourth-order valence-corrected chi connectivity index (χ4v) is 1.88. The molecule has 0 aliphatic heterocycles. The molecular formula is C10H6Cl2N2O. The van der Waals surface area contributed by atoms with E-state index >= 15 is 0 Å². The first kappa shape index (κ1) is 10.2. The van der Waals surface area contributed by atoms with Gasteiger partial charge in [0.05, 0.1) is 21.9 Å². The summed E-state index contributed by atoms with van der Waals surface area (Å²) in [4.78, 5) is 17.8. The summed E-state index contributed by atoms with van der Waals surface area (Å²) in [7, 11) is 0. The number of hydrogen-bond acceptors (Lipinski definition) is 2. The average molecular weight is 241 g/mol. The van der Waals surface area contributed by atoms with Gasteiger partial charge >= 0.3 is 0 Å². The molecule has 0 saturated carbocycles. The quantitative estimate of drug-likeness (QED) is 0.834. The third kappa shape index (κ3) is 1.89. The maximum atomic E-state index is 11.5. The van der Waals surface area contributed by atoms with E-state index in [1.807, 2.05) is 0 Å². The van der Waals surface area contributed by atoms with Gasteiger partial charge in [0.2, 0.25) is 0 Å². The number of benzene rings is 1. The van der Waals surface area contributed by atoms with Crippen molar-refractivity contribution in [1.29, 1.82) is 0 Å². The highest BCUT2D eigenvalue weighted by Crippen LogP contribution is 2.31. The van der Waals surface area contributed by atoms with Gasteiger partial charge in [0.1, 0.15) is 0 Å². The molecule has 2 aromatic rings. The average Bonchev–Trinajstić information content (AvgIpc) is 2.20. The van der Waals surface area contributed by atoms with Gasteiger partial charge in [-0.2, -0.15) is 0 Å². The number of nitrogens with one attached hydrogen (secondary N) is 1. The zero-order valence-electron chi connectivity index (χ0n) is 7.50. The lowest BCUT2D eigenvalue weighted by molar-refractivity contribution is 1.12. The number of nitrogens with zero attached hydrogens (tertiary/aromatic N) is 1. The summed E-state index contributed by atoms with van der Waals surface area (Å²) in [5.74, 6) is 0. The monoisotopic (exact) mass is 240 g/mol. The summed E-state index contributed by atoms with van der Waals surface area (Å²) < 4.78 is 0. The maximum Gasteiger partial charge on any atom is 0.258 e. The second kappa shape index (κ2) is 4.04. The van der Waals surface area contributed by atoms with Crippen LogP contribution in [0.25, 0.3) is 11.1 Å². The summed E-state index contributed by atoms with van der Waals surface area (Å²) in [5.41, 5.74) is 0.614. The Kier molecular flexibility index (Phi) is 2.75. The molecule has 2 rings (SSSR count). The van der Waals surface area contributed by atoms with Gasteiger partial charge in [0.15, 0.2) is 0 Å². The van der Waals surface area contributed by atoms with E-state index in [2.05, 4.69) is 9.97 Å². The molecule has 0 aliphatic carbocycles. The van der Waals surface area contributed by atoms with E-state index in [9.17, 15) is 4.79 Å². The minimum atomic E-state index is -0.264. The Labute approximate surface area is 95.7 Å². The number of aromatic nitrogens is 2. The molecular weight excluding hydrogens is 235 g/mol. The van der Waals surface area contributed by atoms with Crippen molar-refractivity contribution < 1.29 is 0 Å². The number of H-pyrrole nitrogens is 1. The smallest absolute Gasteiger partial charge is 0.258 e. The van der Waals surface area contributed by atoms with Crippen molar-refractivity contribution in [1.82, 2.24) is 9.97 Å². The minimum absolute atomic E-state index is 0.264. The van der Waals surface area contributed by atoms with Crippen LogP contribution in [0.3, 0.4) is 0 Å². The molecule has 0 radical (unpaired) electrons. The highest BCUT2D eigenvalue weighted by molar-refractivity contribution is 6.39. The number of rotatable bonds is 1. The Morgan fingerprint density at radius 1 is 1.20 bits per heavy atom. The van der Waals surface area contributed by atoms with Gasteiger partial charge in [-0.15, -0.1) is 0 Å². The molecule has 1 heterocycles. The third-order valence-electron chi connectivity index (χ3n) is 1.95. The Balaban J connectivity index is 2.75. The third-order valence-corrected chi connectivity index (χ3v) is 2.58. The van der Waals surface area contributed by atoms with Gasteiger partial charge in [-0.3, -0.25) is 4.79 Å². The van der Waals surface area contributed by atoms with Crippen molar-refractivity contribution in [2.75, 3.05) is 0 Å². The zero-order valence-corrected chi connectivity index (χ0v) is 9.01. The predicted octanol–water partition coefficient (Wildman–Crippen LogP) is 2.74. The molecule has 1 aromatic heterocycles. The van der Waals surface area contributed by atoms with Crippen LogP contribution in [-0.4, -0.2) is 9.97 Å². The molecule has 0 atom stereocenters. The predicted molar refractivity (Wildman–Crippen MR) is 60.3 cm³/mol. The molecule has 1 aromatic carbocycles. The fourth-order valence-electron chi connectivity index (χ4n) is 1.28. The lowest BCUT2D eigenvalue weighted by Gasteiger charge is -2.04. The molecule has 0 saturated heterocycles. The van der Waals surface area contributed by atoms with Crippen LogP contribution in [0.1, 0.15) is 0 Å². The molecule has 76 valence electrons. The molecule has 0 amide bonds. The first-order valence-corrected chi connectivity index (χ1v) is 4.93. The molecule has 1 N–H and O–H groups in total. The highest BCUT2D eigenvalue weighted by Gasteiger charge is 2.11. The molecule has 0 spiro atoms. The summed E-state index contributed by atoms with van der Waals surface area (Å²) in [6, 6.07) is 5.07. The van der Waals surface area contributed by atoms with Crippen molar-refractivity contribution in [3.8, 4) is 11.1 Å². The standard InChI is InChI=1S/C10H6Cl2N2O/c11-7-2-1-3-8(12)9(7)6-4-13-5-14-10(6)15/h1-5H,(H,13,14,15). The molecule has 0 unspecified atom stereocenters. The topological polar surface area (TPSA) is 45.8 Å². The van der Waals surface area contributed by atoms with Crippen LogP contribution in [0.5, 0.6) is 0 Å². The lowest BCUT2D eigenvalue weighted by Crippen LogP contribution is -2.08. The van der Waals surface area contributed by atoms with Crippen LogP contribution < -0.4 is 5.56 Å². The maximum absolute atomic E-state index is 11.5. The number of aromatic amines is 1. The van der Waals surface area contributed by atoms with Crippen LogP contribution in [0.4, 0.5) is 0 Å². The lowest BCUT2D eigenvalue weighted by atomic mass is 10.1. The Bertz CT molecular complexity index is 531. The van der Waals surface area contributed by atoms with Crippen molar-refractivity contribution in [3.05, 3.63) is 51.1 Å². The Morgan fingerprint density at radius 3 is 2.47 bits per heavy atom. The van der Waals surface area contributed by atoms with Crippen LogP contribution in [0.15, 0.2) is 35.5 Å². The van der Waals surface area contributed by atoms with E-state index in [1.54, 1.807) is 18.2 Å². The molecule has 0 bridgehead atoms. The Hall–Kier alpha value is -1.32. The van der Waals surface area contributed by atoms with Gasteiger partial charge in [-0.05, 0) is 12.1 Å². The highest BCUT2D eigenvalue weighted by atomic mass is 35.5. The fraction of sp³-hybridized carbons (Fsp3) is 0. The first-order chi connectivity index (χ1) is 7.20. The molecule has 3 nitrogen and oxygen atoms in total. The SMILES string of the molecule is O=c1[nH]cncc1-c1c(Cl)cccc1Cl. The second-order valence-corrected chi connectivity index (χ2v) is 3.71. The first-order valence-electron chi connectivity index (χ1n) is 4.17. The van der Waals surface area contributed by atoms with Gasteiger partial charge in [-0.1, -0.05) is 29.3 Å². The van der Waals surface area contributed by atoms with Gasteiger partial charge in [0.25, 0.3) is 5.56 Å². The van der Waals surface area contributed by atoms with Crippen LogP contribution in [0, 0.1) is 0 Å². The van der Waals surface area contributed by atoms with Crippen LogP contribution in [-0.2, 0) is 0 Å². The normalized spacial score (nSPS) is 10.3. The van der Waals surface area contributed by atoms with E-state index in [0.29, 0.717) is 21.2 Å². The van der Waals surface area contributed by atoms with Crippen LogP contribution >= 0.6 is 23.2 Å². The largest absolute Gasteiger partial charge is 0.313 e. The summed E-state index contributed by atoms with van der Waals surface area (Å²) >= 11 is 11.9. The van der Waals surface area contributed by atoms with Gasteiger partial charge in [0, 0.05) is 11.8 Å². The van der Waals surface area contributed by atoms with E-state index in [-0.39, 0.29) is 5.56 Å². The van der Waals surface area contributed by atoms with Gasteiger partial charge in [-0.25, -0.2) is 4.98 Å².